The van der Waals surface area contributed by atoms with E-state index in [9.17, 15) is 17.2 Å². The Labute approximate surface area is 120 Å². The van der Waals surface area contributed by atoms with Gasteiger partial charge in [0.15, 0.2) is 0 Å². The predicted octanol–water partition coefficient (Wildman–Crippen LogP) is 2.95. The van der Waals surface area contributed by atoms with Gasteiger partial charge in [-0.25, -0.2) is 17.2 Å². The largest absolute Gasteiger partial charge is 0.277 e. The summed E-state index contributed by atoms with van der Waals surface area (Å²) in [6, 6.07) is 8.70. The molecule has 0 aliphatic carbocycles. The van der Waals surface area contributed by atoms with Crippen molar-refractivity contribution in [3.8, 4) is 6.07 Å². The highest BCUT2D eigenvalue weighted by Crippen LogP contribution is 2.22. The number of hydrogen-bond acceptors (Lipinski definition) is 3. The van der Waals surface area contributed by atoms with Crippen molar-refractivity contribution in [2.45, 2.75) is 11.8 Å². The molecule has 4 nitrogen and oxygen atoms in total. The van der Waals surface area contributed by atoms with Crippen molar-refractivity contribution in [2.24, 2.45) is 0 Å². The molecule has 2 aromatic rings. The van der Waals surface area contributed by atoms with E-state index in [0.717, 1.165) is 18.2 Å². The van der Waals surface area contributed by atoms with E-state index in [1.165, 1.54) is 25.1 Å². The molecular weight excluding hydrogens is 298 g/mol. The van der Waals surface area contributed by atoms with Gasteiger partial charge in [-0.15, -0.1) is 0 Å². The highest BCUT2D eigenvalue weighted by atomic mass is 32.2. The fraction of sp³-hybridized carbons (Fsp3) is 0.0714. The van der Waals surface area contributed by atoms with Crippen molar-refractivity contribution in [1.29, 1.82) is 5.26 Å². The first-order valence-corrected chi connectivity index (χ1v) is 7.30. The maximum absolute atomic E-state index is 13.7. The molecule has 0 radical (unpaired) electrons. The van der Waals surface area contributed by atoms with Crippen molar-refractivity contribution < 1.29 is 17.2 Å². The number of hydrogen-bond donors (Lipinski definition) is 1. The quantitative estimate of drug-likeness (QED) is 0.947. The average Bonchev–Trinajstić information content (AvgIpc) is 2.44. The van der Waals surface area contributed by atoms with Gasteiger partial charge in [0.1, 0.15) is 11.6 Å². The van der Waals surface area contributed by atoms with Gasteiger partial charge in [-0.1, -0.05) is 6.07 Å². The third-order valence-electron chi connectivity index (χ3n) is 2.77. The number of anilines is 1. The topological polar surface area (TPSA) is 70.0 Å². The number of aryl methyl sites for hydroxylation is 1. The monoisotopic (exact) mass is 308 g/mol. The summed E-state index contributed by atoms with van der Waals surface area (Å²) in [5, 5.41) is 8.75. The van der Waals surface area contributed by atoms with Gasteiger partial charge in [0.2, 0.25) is 0 Å². The van der Waals surface area contributed by atoms with Gasteiger partial charge in [0, 0.05) is 6.07 Å². The summed E-state index contributed by atoms with van der Waals surface area (Å²) in [7, 11) is -4.11. The number of rotatable bonds is 3. The van der Waals surface area contributed by atoms with Gasteiger partial charge in [0.25, 0.3) is 10.0 Å². The van der Waals surface area contributed by atoms with E-state index >= 15 is 0 Å². The third-order valence-corrected chi connectivity index (χ3v) is 4.13. The van der Waals surface area contributed by atoms with Gasteiger partial charge in [-0.2, -0.15) is 5.26 Å². The van der Waals surface area contributed by atoms with Crippen molar-refractivity contribution in [3.05, 3.63) is 59.2 Å². The first kappa shape index (κ1) is 14.9. The maximum atomic E-state index is 13.7. The molecule has 2 rings (SSSR count). The van der Waals surface area contributed by atoms with Crippen LogP contribution in [0.25, 0.3) is 0 Å². The number of nitrogens with one attached hydrogen (secondary N) is 1. The Morgan fingerprint density at radius 2 is 1.86 bits per heavy atom. The van der Waals surface area contributed by atoms with Crippen molar-refractivity contribution in [3.63, 3.8) is 0 Å². The van der Waals surface area contributed by atoms with E-state index < -0.39 is 27.3 Å². The highest BCUT2D eigenvalue weighted by molar-refractivity contribution is 7.92. The molecule has 0 spiro atoms. The minimum Gasteiger partial charge on any atom is -0.277 e. The van der Waals surface area contributed by atoms with Crippen molar-refractivity contribution in [1.82, 2.24) is 0 Å². The van der Waals surface area contributed by atoms with Crippen LogP contribution in [0, 0.1) is 29.9 Å². The summed E-state index contributed by atoms with van der Waals surface area (Å²) >= 11 is 0. The van der Waals surface area contributed by atoms with Gasteiger partial charge in [-0.3, -0.25) is 4.72 Å². The van der Waals surface area contributed by atoms with Crippen molar-refractivity contribution in [2.75, 3.05) is 4.72 Å². The van der Waals surface area contributed by atoms with Crippen LogP contribution in [0.2, 0.25) is 0 Å². The Morgan fingerprint density at radius 1 is 1.14 bits per heavy atom. The Bertz CT molecular complexity index is 843. The van der Waals surface area contributed by atoms with E-state index in [0.29, 0.717) is 0 Å². The maximum Gasteiger partial charge on any atom is 0.262 e. The fourth-order valence-corrected chi connectivity index (χ4v) is 2.76. The summed E-state index contributed by atoms with van der Waals surface area (Å²) in [4.78, 5) is -0.207. The fourth-order valence-electron chi connectivity index (χ4n) is 1.66. The zero-order valence-electron chi connectivity index (χ0n) is 10.9. The minimum absolute atomic E-state index is 0.0712. The number of halogens is 2. The van der Waals surface area contributed by atoms with E-state index in [2.05, 4.69) is 0 Å². The van der Waals surface area contributed by atoms with Crippen LogP contribution in [0.5, 0.6) is 0 Å². The van der Waals surface area contributed by atoms with E-state index in [1.807, 2.05) is 4.72 Å². The molecule has 0 aromatic heterocycles. The molecule has 0 saturated carbocycles. The molecule has 0 bridgehead atoms. The van der Waals surface area contributed by atoms with Crippen LogP contribution >= 0.6 is 0 Å². The van der Waals surface area contributed by atoms with Crippen molar-refractivity contribution >= 4 is 15.7 Å². The number of sulfonamides is 1. The van der Waals surface area contributed by atoms with E-state index in [-0.39, 0.29) is 16.0 Å². The van der Waals surface area contributed by atoms with Crippen LogP contribution in [-0.4, -0.2) is 8.42 Å². The summed E-state index contributed by atoms with van der Waals surface area (Å²) in [5.41, 5.74) is -0.268. The first-order chi connectivity index (χ1) is 9.83. The van der Waals surface area contributed by atoms with Crippen LogP contribution in [0.3, 0.4) is 0 Å². The zero-order chi connectivity index (χ0) is 15.6. The lowest BCUT2D eigenvalue weighted by molar-refractivity contribution is 0.590. The normalized spacial score (nSPS) is 11.0. The lowest BCUT2D eigenvalue weighted by Gasteiger charge is -2.10. The van der Waals surface area contributed by atoms with Gasteiger partial charge in [0.05, 0.1) is 22.2 Å². The Kier molecular flexibility index (Phi) is 3.91. The molecule has 7 heteroatoms. The second-order valence-electron chi connectivity index (χ2n) is 4.33. The second-order valence-corrected chi connectivity index (χ2v) is 6.01. The smallest absolute Gasteiger partial charge is 0.262 e. The standard InChI is InChI=1S/C14H10F2N2O2S/c1-9-5-13(16)14(7-12(9)15)18-21(19,20)11-4-2-3-10(6-11)8-17/h2-7,18H,1H3. The van der Waals surface area contributed by atoms with Crippen LogP contribution in [0.4, 0.5) is 14.5 Å². The minimum atomic E-state index is -4.11. The Balaban J connectivity index is 2.42. The molecular formula is C14H10F2N2O2S. The van der Waals surface area contributed by atoms with Gasteiger partial charge >= 0.3 is 0 Å². The summed E-state index contributed by atoms with van der Waals surface area (Å²) in [6.07, 6.45) is 0. The molecule has 0 aliphatic heterocycles. The average molecular weight is 308 g/mol. The van der Waals surface area contributed by atoms with E-state index in [4.69, 9.17) is 5.26 Å². The summed E-state index contributed by atoms with van der Waals surface area (Å²) in [6.45, 7) is 1.37. The molecule has 0 amide bonds. The van der Waals surface area contributed by atoms with Gasteiger partial charge < -0.3 is 0 Å². The Morgan fingerprint density at radius 3 is 2.52 bits per heavy atom. The summed E-state index contributed by atoms with van der Waals surface area (Å²) < 4.78 is 53.3. The third kappa shape index (κ3) is 3.17. The molecule has 0 unspecified atom stereocenters. The molecule has 0 aliphatic rings. The molecule has 2 aromatic carbocycles. The molecule has 0 fully saturated rings. The number of nitrogens with zero attached hydrogens (tertiary/aromatic N) is 1. The van der Waals surface area contributed by atoms with Gasteiger partial charge in [-0.05, 0) is 36.8 Å². The summed E-state index contributed by atoms with van der Waals surface area (Å²) in [5.74, 6) is -1.60. The molecule has 108 valence electrons. The Hall–Kier alpha value is -2.46. The molecule has 0 heterocycles. The second kappa shape index (κ2) is 5.50. The highest BCUT2D eigenvalue weighted by Gasteiger charge is 2.18. The van der Waals surface area contributed by atoms with Crippen LogP contribution in [-0.2, 0) is 10.0 Å². The SMILES string of the molecule is Cc1cc(F)c(NS(=O)(=O)c2cccc(C#N)c2)cc1F. The number of nitriles is 1. The van der Waals surface area contributed by atoms with Crippen LogP contribution < -0.4 is 4.72 Å². The zero-order valence-corrected chi connectivity index (χ0v) is 11.7. The van der Waals surface area contributed by atoms with E-state index in [1.54, 1.807) is 6.07 Å². The van der Waals surface area contributed by atoms with Crippen LogP contribution in [0.15, 0.2) is 41.3 Å². The number of benzene rings is 2. The lowest BCUT2D eigenvalue weighted by Crippen LogP contribution is -2.14. The predicted molar refractivity (Wildman–Crippen MR) is 73.1 cm³/mol. The molecule has 1 N–H and O–H groups in total. The van der Waals surface area contributed by atoms with Crippen LogP contribution in [0.1, 0.15) is 11.1 Å². The lowest BCUT2D eigenvalue weighted by atomic mass is 10.2. The molecule has 21 heavy (non-hydrogen) atoms. The molecule has 0 atom stereocenters. The molecule has 0 saturated heterocycles. The first-order valence-electron chi connectivity index (χ1n) is 5.82.